The van der Waals surface area contributed by atoms with Crippen LogP contribution in [0.5, 0.6) is 0 Å². The van der Waals surface area contributed by atoms with Crippen LogP contribution in [-0.4, -0.2) is 10.9 Å². The number of benzene rings is 1. The highest BCUT2D eigenvalue weighted by Gasteiger charge is 2.28. The molecule has 0 aliphatic heterocycles. The maximum atomic E-state index is 13.2. The number of thiophene rings is 2. The van der Waals surface area contributed by atoms with Crippen molar-refractivity contribution in [1.82, 2.24) is 4.98 Å². The van der Waals surface area contributed by atoms with Crippen LogP contribution in [0.4, 0.5) is 10.7 Å². The Kier molecular flexibility index (Phi) is 5.20. The van der Waals surface area contributed by atoms with Crippen molar-refractivity contribution in [3.8, 4) is 6.07 Å². The molecule has 3 N–H and O–H groups in total. The van der Waals surface area contributed by atoms with Crippen LogP contribution >= 0.6 is 22.7 Å². The summed E-state index contributed by atoms with van der Waals surface area (Å²) in [4.78, 5) is 20.1. The van der Waals surface area contributed by atoms with Crippen molar-refractivity contribution in [1.29, 1.82) is 5.26 Å². The van der Waals surface area contributed by atoms with E-state index in [1.54, 1.807) is 0 Å². The quantitative estimate of drug-likeness (QED) is 0.397. The molecule has 1 aromatic carbocycles. The molecule has 0 fully saturated rings. The second-order valence-corrected chi connectivity index (χ2v) is 10.3. The van der Waals surface area contributed by atoms with Crippen molar-refractivity contribution in [2.24, 2.45) is 0 Å². The third-order valence-corrected chi connectivity index (χ3v) is 8.37. The lowest BCUT2D eigenvalue weighted by molar-refractivity contribution is 0.103. The Morgan fingerprint density at radius 2 is 2.03 bits per heavy atom. The minimum Gasteiger partial charge on any atom is -0.397 e. The Morgan fingerprint density at radius 1 is 1.25 bits per heavy atom. The molecule has 7 heteroatoms. The Balaban J connectivity index is 1.46. The number of amides is 1. The average molecular weight is 459 g/mol. The number of carbonyl (C=O) groups excluding carboxylic acids is 1. The van der Waals surface area contributed by atoms with E-state index in [-0.39, 0.29) is 5.91 Å². The molecule has 0 saturated carbocycles. The molecule has 0 radical (unpaired) electrons. The molecular formula is C25H22N4OS2. The number of aromatic nitrogens is 1. The van der Waals surface area contributed by atoms with E-state index in [1.807, 2.05) is 26.0 Å². The highest BCUT2D eigenvalue weighted by molar-refractivity contribution is 7.21. The molecule has 3 aromatic heterocycles. The van der Waals surface area contributed by atoms with Gasteiger partial charge in [-0.15, -0.1) is 22.7 Å². The maximum absolute atomic E-state index is 13.2. The molecule has 3 heterocycles. The number of fused-ring (bicyclic) bond motifs is 2. The fraction of sp³-hybridized carbons (Fsp3) is 0.240. The first-order valence-corrected chi connectivity index (χ1v) is 12.2. The molecule has 32 heavy (non-hydrogen) atoms. The van der Waals surface area contributed by atoms with Gasteiger partial charge in [-0.05, 0) is 61.8 Å². The monoisotopic (exact) mass is 458 g/mol. The first kappa shape index (κ1) is 20.7. The number of carbonyl (C=O) groups is 1. The molecule has 0 spiro atoms. The lowest BCUT2D eigenvalue weighted by Crippen LogP contribution is -2.12. The zero-order chi connectivity index (χ0) is 22.4. The summed E-state index contributed by atoms with van der Waals surface area (Å²) in [5.74, 6) is 0.158. The molecule has 0 saturated heterocycles. The number of hydrogen-bond donors (Lipinski definition) is 2. The van der Waals surface area contributed by atoms with Gasteiger partial charge in [0, 0.05) is 16.0 Å². The summed E-state index contributed by atoms with van der Waals surface area (Å²) in [5.41, 5.74) is 11.7. The smallest absolute Gasteiger partial charge is 0.268 e. The molecule has 1 atom stereocenters. The van der Waals surface area contributed by atoms with Crippen molar-refractivity contribution in [2.45, 2.75) is 39.0 Å². The fourth-order valence-corrected chi connectivity index (χ4v) is 6.98. The van der Waals surface area contributed by atoms with Crippen LogP contribution in [0.25, 0.3) is 10.2 Å². The van der Waals surface area contributed by atoms with Gasteiger partial charge in [-0.25, -0.2) is 4.98 Å². The largest absolute Gasteiger partial charge is 0.397 e. The molecule has 1 unspecified atom stereocenters. The standard InChI is InChI=1S/C25H22N4OS2/c1-13-10-14(2)28-25-20(13)21(27)22(32-25)23(30)29-24-18(12-26)17-9-8-16(11-19(17)31-24)15-6-4-3-5-7-15/h3-7,10,16H,8-9,11,27H2,1-2H3,(H,29,30). The van der Waals surface area contributed by atoms with Crippen LogP contribution in [0.1, 0.15) is 54.8 Å². The molecule has 1 amide bonds. The Hall–Kier alpha value is -3.21. The average Bonchev–Trinajstić information content (AvgIpc) is 3.30. The van der Waals surface area contributed by atoms with Crippen LogP contribution in [0.15, 0.2) is 36.4 Å². The van der Waals surface area contributed by atoms with Crippen molar-refractivity contribution >= 4 is 49.5 Å². The van der Waals surface area contributed by atoms with Gasteiger partial charge in [0.25, 0.3) is 5.91 Å². The van der Waals surface area contributed by atoms with Gasteiger partial charge in [-0.1, -0.05) is 30.3 Å². The van der Waals surface area contributed by atoms with Crippen LogP contribution in [-0.2, 0) is 12.8 Å². The predicted molar refractivity (Wildman–Crippen MR) is 132 cm³/mol. The van der Waals surface area contributed by atoms with Crippen LogP contribution in [0, 0.1) is 25.2 Å². The topological polar surface area (TPSA) is 91.8 Å². The third kappa shape index (κ3) is 3.46. The van der Waals surface area contributed by atoms with Crippen LogP contribution in [0.2, 0.25) is 0 Å². The minimum absolute atomic E-state index is 0.280. The number of rotatable bonds is 3. The van der Waals surface area contributed by atoms with E-state index in [9.17, 15) is 10.1 Å². The summed E-state index contributed by atoms with van der Waals surface area (Å²) in [6.45, 7) is 3.91. The molecule has 0 bridgehead atoms. The maximum Gasteiger partial charge on any atom is 0.268 e. The number of nitrogen functional groups attached to an aromatic ring is 1. The van der Waals surface area contributed by atoms with Crippen molar-refractivity contribution < 1.29 is 4.79 Å². The van der Waals surface area contributed by atoms with Gasteiger partial charge >= 0.3 is 0 Å². The Bertz CT molecular complexity index is 1400. The van der Waals surface area contributed by atoms with Crippen molar-refractivity contribution in [3.63, 3.8) is 0 Å². The highest BCUT2D eigenvalue weighted by Crippen LogP contribution is 2.43. The summed E-state index contributed by atoms with van der Waals surface area (Å²) in [5, 5.41) is 14.3. The van der Waals surface area contributed by atoms with Gasteiger partial charge in [0.05, 0.1) is 11.3 Å². The minimum atomic E-state index is -0.280. The van der Waals surface area contributed by atoms with Gasteiger partial charge in [-0.2, -0.15) is 5.26 Å². The number of pyridine rings is 1. The first-order valence-electron chi connectivity index (χ1n) is 10.5. The Labute approximate surface area is 194 Å². The van der Waals surface area contributed by atoms with E-state index in [2.05, 4.69) is 40.6 Å². The number of nitriles is 1. The number of nitrogens with two attached hydrogens (primary N) is 1. The van der Waals surface area contributed by atoms with E-state index in [4.69, 9.17) is 5.73 Å². The lowest BCUT2D eigenvalue weighted by atomic mass is 9.83. The second-order valence-electron chi connectivity index (χ2n) is 8.23. The Morgan fingerprint density at radius 3 is 2.78 bits per heavy atom. The van der Waals surface area contributed by atoms with Gasteiger partial charge in [-0.3, -0.25) is 4.79 Å². The van der Waals surface area contributed by atoms with Gasteiger partial charge < -0.3 is 11.1 Å². The van der Waals surface area contributed by atoms with E-state index in [1.165, 1.54) is 33.1 Å². The van der Waals surface area contributed by atoms with Crippen molar-refractivity contribution in [2.75, 3.05) is 11.1 Å². The first-order chi connectivity index (χ1) is 15.5. The molecule has 1 aliphatic carbocycles. The number of anilines is 2. The molecule has 4 aromatic rings. The van der Waals surface area contributed by atoms with Gasteiger partial charge in [0.15, 0.2) is 0 Å². The number of nitrogens with one attached hydrogen (secondary N) is 1. The van der Waals surface area contributed by atoms with Crippen molar-refractivity contribution in [3.05, 3.63) is 74.1 Å². The van der Waals surface area contributed by atoms with Crippen LogP contribution in [0.3, 0.4) is 0 Å². The highest BCUT2D eigenvalue weighted by atomic mass is 32.1. The van der Waals surface area contributed by atoms with E-state index < -0.39 is 0 Å². The van der Waals surface area contributed by atoms with Gasteiger partial charge in [0.1, 0.15) is 20.8 Å². The van der Waals surface area contributed by atoms with E-state index in [0.717, 1.165) is 46.3 Å². The lowest BCUT2D eigenvalue weighted by Gasteiger charge is -2.22. The number of aryl methyl sites for hydroxylation is 2. The second kappa shape index (κ2) is 8.05. The predicted octanol–water partition coefficient (Wildman–Crippen LogP) is 5.95. The van der Waals surface area contributed by atoms with E-state index in [0.29, 0.717) is 27.0 Å². The zero-order valence-electron chi connectivity index (χ0n) is 17.9. The zero-order valence-corrected chi connectivity index (χ0v) is 19.5. The summed E-state index contributed by atoms with van der Waals surface area (Å²) < 4.78 is 0. The normalized spacial score (nSPS) is 15.3. The van der Waals surface area contributed by atoms with Gasteiger partial charge in [0.2, 0.25) is 0 Å². The number of hydrogen-bond acceptors (Lipinski definition) is 6. The third-order valence-electron chi connectivity index (χ3n) is 6.11. The number of nitrogens with zero attached hydrogens (tertiary/aromatic N) is 2. The molecular weight excluding hydrogens is 436 g/mol. The summed E-state index contributed by atoms with van der Waals surface area (Å²) >= 11 is 2.82. The summed E-state index contributed by atoms with van der Waals surface area (Å²) in [7, 11) is 0. The summed E-state index contributed by atoms with van der Waals surface area (Å²) in [6, 6.07) is 14.8. The van der Waals surface area contributed by atoms with Crippen LogP contribution < -0.4 is 11.1 Å². The molecule has 160 valence electrons. The SMILES string of the molecule is Cc1cc(C)c2c(N)c(C(=O)Nc3sc4c(c3C#N)CCC(c3ccccc3)C4)sc2n1. The summed E-state index contributed by atoms with van der Waals surface area (Å²) in [6.07, 6.45) is 2.74. The fourth-order valence-electron chi connectivity index (χ4n) is 4.60. The molecule has 5 nitrogen and oxygen atoms in total. The van der Waals surface area contributed by atoms with E-state index >= 15 is 0 Å². The molecule has 5 rings (SSSR count). The molecule has 1 aliphatic rings.